The van der Waals surface area contributed by atoms with Crippen molar-refractivity contribution in [2.75, 3.05) is 13.6 Å². The van der Waals surface area contributed by atoms with Crippen LogP contribution in [-0.2, 0) is 0 Å². The zero-order chi connectivity index (χ0) is 11.5. The molecule has 1 saturated carbocycles. The predicted molar refractivity (Wildman–Crippen MR) is 70.7 cm³/mol. The number of hydrogen-bond acceptors (Lipinski definition) is 3. The second-order valence-corrected chi connectivity index (χ2v) is 5.83. The number of nitrogens with two attached hydrogens (primary N) is 1. The van der Waals surface area contributed by atoms with Gasteiger partial charge in [-0.05, 0) is 44.2 Å². The molecule has 0 spiro atoms. The van der Waals surface area contributed by atoms with E-state index in [0.717, 1.165) is 12.5 Å². The topological polar surface area (TPSA) is 29.3 Å². The standard InChI is InChI=1S/C13H22N2S/c1-10(13-7-4-8-16-13)15(2)12(9-14)11-5-3-6-11/h4,7-8,10-12H,3,5-6,9,14H2,1-2H3. The zero-order valence-corrected chi connectivity index (χ0v) is 11.0. The highest BCUT2D eigenvalue weighted by Gasteiger charge is 2.31. The lowest BCUT2D eigenvalue weighted by Crippen LogP contribution is -2.46. The van der Waals surface area contributed by atoms with Crippen LogP contribution in [0, 0.1) is 5.92 Å². The van der Waals surface area contributed by atoms with Gasteiger partial charge in [0.05, 0.1) is 0 Å². The maximum absolute atomic E-state index is 5.94. The second-order valence-electron chi connectivity index (χ2n) is 4.85. The van der Waals surface area contributed by atoms with Gasteiger partial charge in [-0.1, -0.05) is 12.5 Å². The first-order valence-corrected chi connectivity index (χ1v) is 7.07. The second kappa shape index (κ2) is 5.30. The van der Waals surface area contributed by atoms with Crippen LogP contribution in [-0.4, -0.2) is 24.5 Å². The summed E-state index contributed by atoms with van der Waals surface area (Å²) in [5, 5.41) is 2.15. The summed E-state index contributed by atoms with van der Waals surface area (Å²) in [4.78, 5) is 3.91. The molecular formula is C13H22N2S. The van der Waals surface area contributed by atoms with E-state index in [9.17, 15) is 0 Å². The van der Waals surface area contributed by atoms with Crippen LogP contribution in [0.15, 0.2) is 17.5 Å². The molecular weight excluding hydrogens is 216 g/mol. The molecule has 90 valence electrons. The van der Waals surface area contributed by atoms with Crippen LogP contribution in [0.3, 0.4) is 0 Å². The number of likely N-dealkylation sites (N-methyl/N-ethyl adjacent to an activating group) is 1. The summed E-state index contributed by atoms with van der Waals surface area (Å²) < 4.78 is 0. The minimum absolute atomic E-state index is 0.495. The van der Waals surface area contributed by atoms with Gasteiger partial charge in [0.25, 0.3) is 0 Å². The van der Waals surface area contributed by atoms with E-state index in [0.29, 0.717) is 12.1 Å². The SMILES string of the molecule is CC(c1cccs1)N(C)C(CN)C1CCC1. The minimum atomic E-state index is 0.495. The van der Waals surface area contributed by atoms with Crippen molar-refractivity contribution >= 4 is 11.3 Å². The van der Waals surface area contributed by atoms with E-state index < -0.39 is 0 Å². The first-order chi connectivity index (χ1) is 7.74. The molecule has 2 unspecified atom stereocenters. The molecule has 1 aromatic heterocycles. The molecule has 1 aromatic rings. The molecule has 0 aromatic carbocycles. The molecule has 1 fully saturated rings. The van der Waals surface area contributed by atoms with Crippen LogP contribution in [0.1, 0.15) is 37.1 Å². The maximum Gasteiger partial charge on any atom is 0.0413 e. The first kappa shape index (κ1) is 12.1. The maximum atomic E-state index is 5.94. The largest absolute Gasteiger partial charge is 0.329 e. The van der Waals surface area contributed by atoms with Crippen molar-refractivity contribution in [3.63, 3.8) is 0 Å². The average molecular weight is 238 g/mol. The smallest absolute Gasteiger partial charge is 0.0413 e. The number of hydrogen-bond donors (Lipinski definition) is 1. The Morgan fingerprint density at radius 1 is 1.56 bits per heavy atom. The molecule has 0 saturated heterocycles. The summed E-state index contributed by atoms with van der Waals surface area (Å²) in [6.45, 7) is 3.07. The zero-order valence-electron chi connectivity index (χ0n) is 10.2. The van der Waals surface area contributed by atoms with E-state index in [-0.39, 0.29) is 0 Å². The quantitative estimate of drug-likeness (QED) is 0.854. The Labute approximate surface area is 102 Å². The van der Waals surface area contributed by atoms with Gasteiger partial charge < -0.3 is 5.73 Å². The van der Waals surface area contributed by atoms with Crippen molar-refractivity contribution < 1.29 is 0 Å². The van der Waals surface area contributed by atoms with E-state index in [1.165, 1.54) is 24.1 Å². The van der Waals surface area contributed by atoms with Crippen molar-refractivity contribution in [2.24, 2.45) is 11.7 Å². The lowest BCUT2D eigenvalue weighted by Gasteiger charge is -2.41. The van der Waals surface area contributed by atoms with Crippen LogP contribution >= 0.6 is 11.3 Å². The van der Waals surface area contributed by atoms with Gasteiger partial charge in [0.1, 0.15) is 0 Å². The molecule has 2 nitrogen and oxygen atoms in total. The molecule has 0 amide bonds. The Bertz CT molecular complexity index is 306. The molecule has 3 heteroatoms. The molecule has 1 aliphatic rings. The van der Waals surface area contributed by atoms with E-state index in [4.69, 9.17) is 5.73 Å². The Morgan fingerprint density at radius 2 is 2.31 bits per heavy atom. The number of nitrogens with zero attached hydrogens (tertiary/aromatic N) is 1. The van der Waals surface area contributed by atoms with Crippen molar-refractivity contribution in [3.05, 3.63) is 22.4 Å². The normalized spacial score (nSPS) is 20.8. The highest BCUT2D eigenvalue weighted by molar-refractivity contribution is 7.10. The third-order valence-electron chi connectivity index (χ3n) is 4.02. The Kier molecular flexibility index (Phi) is 4.00. The molecule has 0 radical (unpaired) electrons. The summed E-state index contributed by atoms with van der Waals surface area (Å²) in [6.07, 6.45) is 4.12. The summed E-state index contributed by atoms with van der Waals surface area (Å²) in [5.74, 6) is 0.831. The van der Waals surface area contributed by atoms with Gasteiger partial charge in [0.15, 0.2) is 0 Å². The molecule has 1 heterocycles. The van der Waals surface area contributed by atoms with Crippen LogP contribution in [0.4, 0.5) is 0 Å². The monoisotopic (exact) mass is 238 g/mol. The predicted octanol–water partition coefficient (Wildman–Crippen LogP) is 2.87. The van der Waals surface area contributed by atoms with E-state index in [2.05, 4.69) is 36.4 Å². The lowest BCUT2D eigenvalue weighted by atomic mass is 9.79. The van der Waals surface area contributed by atoms with Gasteiger partial charge >= 0.3 is 0 Å². The van der Waals surface area contributed by atoms with E-state index in [1.807, 2.05) is 11.3 Å². The summed E-state index contributed by atoms with van der Waals surface area (Å²) in [6, 6.07) is 5.41. The summed E-state index contributed by atoms with van der Waals surface area (Å²) in [5.41, 5.74) is 5.94. The highest BCUT2D eigenvalue weighted by atomic mass is 32.1. The third-order valence-corrected chi connectivity index (χ3v) is 5.07. The fourth-order valence-corrected chi connectivity index (χ4v) is 3.37. The molecule has 0 bridgehead atoms. The molecule has 16 heavy (non-hydrogen) atoms. The van der Waals surface area contributed by atoms with Crippen LogP contribution < -0.4 is 5.73 Å². The molecule has 1 aliphatic carbocycles. The van der Waals surface area contributed by atoms with E-state index >= 15 is 0 Å². The van der Waals surface area contributed by atoms with Gasteiger partial charge in [0, 0.05) is 23.5 Å². The van der Waals surface area contributed by atoms with Gasteiger partial charge in [-0.25, -0.2) is 0 Å². The average Bonchev–Trinajstić information content (AvgIpc) is 2.74. The minimum Gasteiger partial charge on any atom is -0.329 e. The fraction of sp³-hybridized carbons (Fsp3) is 0.692. The van der Waals surface area contributed by atoms with Gasteiger partial charge in [-0.2, -0.15) is 0 Å². The molecule has 2 atom stereocenters. The summed E-state index contributed by atoms with van der Waals surface area (Å²) in [7, 11) is 2.22. The van der Waals surface area contributed by atoms with Crippen LogP contribution in [0.25, 0.3) is 0 Å². The number of thiophene rings is 1. The fourth-order valence-electron chi connectivity index (χ4n) is 2.53. The molecule has 2 N–H and O–H groups in total. The van der Waals surface area contributed by atoms with Crippen molar-refractivity contribution in [2.45, 2.75) is 38.3 Å². The van der Waals surface area contributed by atoms with Crippen LogP contribution in [0.5, 0.6) is 0 Å². The lowest BCUT2D eigenvalue weighted by molar-refractivity contribution is 0.0944. The first-order valence-electron chi connectivity index (χ1n) is 6.19. The van der Waals surface area contributed by atoms with Gasteiger partial charge in [-0.3, -0.25) is 4.90 Å². The van der Waals surface area contributed by atoms with Gasteiger partial charge in [0.2, 0.25) is 0 Å². The highest BCUT2D eigenvalue weighted by Crippen LogP contribution is 2.35. The van der Waals surface area contributed by atoms with Crippen LogP contribution in [0.2, 0.25) is 0 Å². The third kappa shape index (κ3) is 2.31. The van der Waals surface area contributed by atoms with Crippen molar-refractivity contribution in [1.82, 2.24) is 4.90 Å². The summed E-state index contributed by atoms with van der Waals surface area (Å²) >= 11 is 1.84. The Hall–Kier alpha value is -0.380. The van der Waals surface area contributed by atoms with Gasteiger partial charge in [-0.15, -0.1) is 11.3 Å². The van der Waals surface area contributed by atoms with Crippen molar-refractivity contribution in [1.29, 1.82) is 0 Å². The molecule has 0 aliphatic heterocycles. The Balaban J connectivity index is 2.01. The Morgan fingerprint density at radius 3 is 2.75 bits per heavy atom. The number of rotatable bonds is 5. The van der Waals surface area contributed by atoms with E-state index in [1.54, 1.807) is 0 Å². The van der Waals surface area contributed by atoms with Crippen molar-refractivity contribution in [3.8, 4) is 0 Å². The molecule has 2 rings (SSSR count).